The summed E-state index contributed by atoms with van der Waals surface area (Å²) in [6, 6.07) is 3.84. The minimum atomic E-state index is 0.281. The van der Waals surface area contributed by atoms with Crippen LogP contribution in [0.4, 0.5) is 0 Å². The molecule has 0 aromatic carbocycles. The van der Waals surface area contributed by atoms with Gasteiger partial charge >= 0.3 is 0 Å². The lowest BCUT2D eigenvalue weighted by atomic mass is 10.2. The van der Waals surface area contributed by atoms with Crippen molar-refractivity contribution in [3.63, 3.8) is 0 Å². The summed E-state index contributed by atoms with van der Waals surface area (Å²) in [6.07, 6.45) is 4.20. The van der Waals surface area contributed by atoms with Gasteiger partial charge in [-0.05, 0) is 31.0 Å². The summed E-state index contributed by atoms with van der Waals surface area (Å²) in [5.74, 6) is 1.58. The highest BCUT2D eigenvalue weighted by Crippen LogP contribution is 2.08. The van der Waals surface area contributed by atoms with Crippen molar-refractivity contribution in [1.29, 1.82) is 0 Å². The van der Waals surface area contributed by atoms with Crippen molar-refractivity contribution in [3.05, 3.63) is 24.2 Å². The molecule has 1 aromatic heterocycles. The van der Waals surface area contributed by atoms with Crippen LogP contribution in [-0.4, -0.2) is 19.2 Å². The Morgan fingerprint density at radius 2 is 2.18 bits per heavy atom. The minimum Gasteiger partial charge on any atom is -0.467 e. The Balaban J connectivity index is 2.22. The van der Waals surface area contributed by atoms with Gasteiger partial charge in [0, 0.05) is 6.54 Å². The topological polar surface area (TPSA) is 34.4 Å². The highest BCUT2D eigenvalue weighted by Gasteiger charge is 2.09. The smallest absolute Gasteiger partial charge is 0.129 e. The van der Waals surface area contributed by atoms with E-state index >= 15 is 0 Å². The molecule has 0 saturated heterocycles. The minimum absolute atomic E-state index is 0.281. The number of nitrogens with one attached hydrogen (secondary N) is 1. The first-order chi connectivity index (χ1) is 8.22. The molecule has 1 heterocycles. The third-order valence-corrected chi connectivity index (χ3v) is 2.58. The van der Waals surface area contributed by atoms with Crippen LogP contribution in [0.2, 0.25) is 0 Å². The Labute approximate surface area is 105 Å². The average molecular weight is 239 g/mol. The molecule has 1 aromatic rings. The van der Waals surface area contributed by atoms with Gasteiger partial charge in [-0.25, -0.2) is 0 Å². The molecule has 3 nitrogen and oxygen atoms in total. The van der Waals surface area contributed by atoms with Crippen LogP contribution >= 0.6 is 0 Å². The molecule has 0 spiro atoms. The van der Waals surface area contributed by atoms with Gasteiger partial charge < -0.3 is 14.5 Å². The van der Waals surface area contributed by atoms with Gasteiger partial charge in [0.15, 0.2) is 0 Å². The van der Waals surface area contributed by atoms with Gasteiger partial charge in [0.25, 0.3) is 0 Å². The fourth-order valence-electron chi connectivity index (χ4n) is 1.69. The van der Waals surface area contributed by atoms with E-state index in [9.17, 15) is 0 Å². The van der Waals surface area contributed by atoms with Crippen LogP contribution < -0.4 is 5.32 Å². The standard InChI is InChI=1S/C14H25NO2/c1-4-6-13(10-15-9-12(2)3)17-11-14-7-5-8-16-14/h5,7-8,12-13,15H,4,6,9-11H2,1-3H3. The van der Waals surface area contributed by atoms with Gasteiger partial charge in [-0.2, -0.15) is 0 Å². The van der Waals surface area contributed by atoms with Crippen LogP contribution in [0.25, 0.3) is 0 Å². The lowest BCUT2D eigenvalue weighted by Crippen LogP contribution is -2.31. The Morgan fingerprint density at radius 1 is 1.35 bits per heavy atom. The van der Waals surface area contributed by atoms with E-state index in [-0.39, 0.29) is 6.10 Å². The zero-order valence-corrected chi connectivity index (χ0v) is 11.2. The lowest BCUT2D eigenvalue weighted by Gasteiger charge is -2.18. The second kappa shape index (κ2) is 8.31. The average Bonchev–Trinajstić information content (AvgIpc) is 2.78. The number of furan rings is 1. The van der Waals surface area contributed by atoms with E-state index in [2.05, 4.69) is 26.1 Å². The molecule has 1 rings (SSSR count). The van der Waals surface area contributed by atoms with E-state index in [0.29, 0.717) is 12.5 Å². The van der Waals surface area contributed by atoms with Gasteiger partial charge in [0.2, 0.25) is 0 Å². The predicted octanol–water partition coefficient (Wildman–Crippen LogP) is 3.21. The normalized spacial score (nSPS) is 13.2. The SMILES string of the molecule is CCCC(CNCC(C)C)OCc1ccco1. The molecule has 0 radical (unpaired) electrons. The monoisotopic (exact) mass is 239 g/mol. The quantitative estimate of drug-likeness (QED) is 0.718. The van der Waals surface area contributed by atoms with Crippen LogP contribution in [-0.2, 0) is 11.3 Å². The second-order valence-electron chi connectivity index (χ2n) is 4.85. The van der Waals surface area contributed by atoms with Crippen molar-refractivity contribution in [2.75, 3.05) is 13.1 Å². The van der Waals surface area contributed by atoms with Crippen LogP contribution in [0.15, 0.2) is 22.8 Å². The van der Waals surface area contributed by atoms with E-state index in [4.69, 9.17) is 9.15 Å². The summed E-state index contributed by atoms with van der Waals surface area (Å²) in [6.45, 7) is 9.15. The van der Waals surface area contributed by atoms with E-state index < -0.39 is 0 Å². The van der Waals surface area contributed by atoms with Gasteiger partial charge in [-0.3, -0.25) is 0 Å². The van der Waals surface area contributed by atoms with Crippen molar-refractivity contribution in [2.45, 2.75) is 46.3 Å². The Hall–Kier alpha value is -0.800. The van der Waals surface area contributed by atoms with Crippen molar-refractivity contribution in [1.82, 2.24) is 5.32 Å². The van der Waals surface area contributed by atoms with Crippen LogP contribution in [0.3, 0.4) is 0 Å². The second-order valence-corrected chi connectivity index (χ2v) is 4.85. The Morgan fingerprint density at radius 3 is 2.76 bits per heavy atom. The lowest BCUT2D eigenvalue weighted by molar-refractivity contribution is 0.0254. The van der Waals surface area contributed by atoms with Crippen molar-refractivity contribution >= 4 is 0 Å². The zero-order valence-electron chi connectivity index (χ0n) is 11.2. The maximum Gasteiger partial charge on any atom is 0.129 e. The summed E-state index contributed by atoms with van der Waals surface area (Å²) in [5.41, 5.74) is 0. The number of ether oxygens (including phenoxy) is 1. The van der Waals surface area contributed by atoms with Crippen molar-refractivity contribution in [3.8, 4) is 0 Å². The molecule has 98 valence electrons. The number of hydrogen-bond acceptors (Lipinski definition) is 3. The molecule has 0 bridgehead atoms. The zero-order chi connectivity index (χ0) is 12.5. The van der Waals surface area contributed by atoms with Gasteiger partial charge in [0.05, 0.1) is 12.4 Å². The third-order valence-electron chi connectivity index (χ3n) is 2.58. The number of rotatable bonds is 9. The summed E-state index contributed by atoms with van der Waals surface area (Å²) in [7, 11) is 0. The van der Waals surface area contributed by atoms with Gasteiger partial charge in [-0.15, -0.1) is 0 Å². The van der Waals surface area contributed by atoms with E-state index in [0.717, 1.165) is 31.7 Å². The molecule has 0 amide bonds. The van der Waals surface area contributed by atoms with Crippen LogP contribution in [0.5, 0.6) is 0 Å². The molecule has 1 atom stereocenters. The molecular weight excluding hydrogens is 214 g/mol. The maximum atomic E-state index is 5.85. The molecule has 0 saturated carbocycles. The fraction of sp³-hybridized carbons (Fsp3) is 0.714. The van der Waals surface area contributed by atoms with E-state index in [1.54, 1.807) is 6.26 Å². The highest BCUT2D eigenvalue weighted by molar-refractivity contribution is 4.96. The summed E-state index contributed by atoms with van der Waals surface area (Å²) < 4.78 is 11.1. The maximum absolute atomic E-state index is 5.85. The first-order valence-electron chi connectivity index (χ1n) is 6.57. The Bertz CT molecular complexity index is 270. The van der Waals surface area contributed by atoms with E-state index in [1.807, 2.05) is 12.1 Å². The molecule has 1 N–H and O–H groups in total. The predicted molar refractivity (Wildman–Crippen MR) is 69.9 cm³/mol. The molecule has 0 aliphatic carbocycles. The molecule has 17 heavy (non-hydrogen) atoms. The third kappa shape index (κ3) is 6.49. The highest BCUT2D eigenvalue weighted by atomic mass is 16.5. The summed E-state index contributed by atoms with van der Waals surface area (Å²) >= 11 is 0. The largest absolute Gasteiger partial charge is 0.467 e. The van der Waals surface area contributed by atoms with Gasteiger partial charge in [-0.1, -0.05) is 27.2 Å². The first kappa shape index (κ1) is 14.3. The first-order valence-corrected chi connectivity index (χ1v) is 6.57. The molecule has 3 heteroatoms. The summed E-state index contributed by atoms with van der Waals surface area (Å²) in [4.78, 5) is 0. The van der Waals surface area contributed by atoms with Crippen molar-refractivity contribution < 1.29 is 9.15 Å². The molecule has 0 fully saturated rings. The molecular formula is C14H25NO2. The Kier molecular flexibility index (Phi) is 6.97. The summed E-state index contributed by atoms with van der Waals surface area (Å²) in [5, 5.41) is 3.44. The fourth-order valence-corrected chi connectivity index (χ4v) is 1.69. The molecule has 1 unspecified atom stereocenters. The van der Waals surface area contributed by atoms with Crippen LogP contribution in [0.1, 0.15) is 39.4 Å². The van der Waals surface area contributed by atoms with E-state index in [1.165, 1.54) is 0 Å². The molecule has 0 aliphatic rings. The number of hydrogen-bond donors (Lipinski definition) is 1. The molecule has 0 aliphatic heterocycles. The van der Waals surface area contributed by atoms with Crippen molar-refractivity contribution in [2.24, 2.45) is 5.92 Å². The van der Waals surface area contributed by atoms with Crippen LogP contribution in [0, 0.1) is 5.92 Å². The van der Waals surface area contributed by atoms with Gasteiger partial charge in [0.1, 0.15) is 12.4 Å².